The summed E-state index contributed by atoms with van der Waals surface area (Å²) in [4.78, 5) is 10.9. The normalized spacial score (nSPS) is 28.8. The van der Waals surface area contributed by atoms with E-state index in [-0.39, 0.29) is 5.03 Å². The van der Waals surface area contributed by atoms with Crippen LogP contribution in [0.2, 0.25) is 0 Å². The molecule has 0 aromatic rings. The van der Waals surface area contributed by atoms with E-state index in [9.17, 15) is 13.2 Å². The lowest BCUT2D eigenvalue weighted by Gasteiger charge is -2.27. The minimum absolute atomic E-state index is 0.243. The van der Waals surface area contributed by atoms with E-state index in [1.807, 2.05) is 0 Å². The predicted molar refractivity (Wildman–Crippen MR) is 49.5 cm³/mol. The minimum Gasteiger partial charge on any atom is -0.342 e. The SMILES string of the molecule is CN1C(S(=O)(=O)O)=CSC1(C)C=O. The van der Waals surface area contributed by atoms with E-state index >= 15 is 0 Å². The molecule has 1 atom stereocenters. The Morgan fingerprint density at radius 2 is 2.23 bits per heavy atom. The summed E-state index contributed by atoms with van der Waals surface area (Å²) in [6.45, 7) is 1.57. The lowest BCUT2D eigenvalue weighted by molar-refractivity contribution is -0.112. The van der Waals surface area contributed by atoms with Gasteiger partial charge in [0.1, 0.15) is 4.87 Å². The Hall–Kier alpha value is -0.530. The molecular formula is C6H9NO4S2. The molecule has 0 bridgehead atoms. The Kier molecular flexibility index (Phi) is 2.44. The van der Waals surface area contributed by atoms with Gasteiger partial charge in [-0.2, -0.15) is 8.42 Å². The van der Waals surface area contributed by atoms with Crippen LogP contribution in [0, 0.1) is 0 Å². The summed E-state index contributed by atoms with van der Waals surface area (Å²) >= 11 is 1.04. The molecule has 1 N–H and O–H groups in total. The highest BCUT2D eigenvalue weighted by Crippen LogP contribution is 2.39. The van der Waals surface area contributed by atoms with Crippen LogP contribution in [0.4, 0.5) is 0 Å². The second-order valence-electron chi connectivity index (χ2n) is 2.78. The van der Waals surface area contributed by atoms with Gasteiger partial charge in [0, 0.05) is 12.5 Å². The molecular weight excluding hydrogens is 214 g/mol. The highest BCUT2D eigenvalue weighted by molar-refractivity contribution is 8.05. The van der Waals surface area contributed by atoms with Crippen LogP contribution in [-0.4, -0.2) is 36.1 Å². The quantitative estimate of drug-likeness (QED) is 0.535. The molecule has 0 radical (unpaired) electrons. The van der Waals surface area contributed by atoms with Crippen molar-refractivity contribution in [2.45, 2.75) is 11.8 Å². The van der Waals surface area contributed by atoms with Crippen molar-refractivity contribution in [1.82, 2.24) is 4.90 Å². The van der Waals surface area contributed by atoms with Crippen LogP contribution in [0.3, 0.4) is 0 Å². The largest absolute Gasteiger partial charge is 0.342 e. The number of hydrogen-bond acceptors (Lipinski definition) is 5. The molecule has 1 aliphatic heterocycles. The van der Waals surface area contributed by atoms with Gasteiger partial charge in [0.2, 0.25) is 0 Å². The number of rotatable bonds is 2. The Morgan fingerprint density at radius 3 is 2.46 bits per heavy atom. The molecule has 0 aliphatic carbocycles. The Balaban J connectivity index is 3.06. The van der Waals surface area contributed by atoms with E-state index < -0.39 is 15.0 Å². The van der Waals surface area contributed by atoms with Crippen molar-refractivity contribution in [2.24, 2.45) is 0 Å². The van der Waals surface area contributed by atoms with Gasteiger partial charge in [-0.05, 0) is 6.92 Å². The predicted octanol–water partition coefficient (Wildman–Crippen LogP) is 0.267. The maximum atomic E-state index is 10.8. The molecule has 0 saturated carbocycles. The summed E-state index contributed by atoms with van der Waals surface area (Å²) < 4.78 is 30.3. The maximum absolute atomic E-state index is 10.8. The maximum Gasteiger partial charge on any atom is 0.310 e. The summed E-state index contributed by atoms with van der Waals surface area (Å²) in [7, 11) is -2.79. The van der Waals surface area contributed by atoms with E-state index in [1.165, 1.54) is 17.4 Å². The minimum atomic E-state index is -4.23. The van der Waals surface area contributed by atoms with E-state index in [2.05, 4.69) is 0 Å². The van der Waals surface area contributed by atoms with E-state index in [0.717, 1.165) is 11.8 Å². The average molecular weight is 223 g/mol. The summed E-state index contributed by atoms with van der Waals surface area (Å²) in [5.74, 6) is 0. The standard InChI is InChI=1S/C6H9NO4S2/c1-6(4-8)7(2)5(3-12-6)13(9,10)11/h3-4H,1-2H3,(H,9,10,11). The molecule has 5 nitrogen and oxygen atoms in total. The topological polar surface area (TPSA) is 74.7 Å². The highest BCUT2D eigenvalue weighted by atomic mass is 32.2. The van der Waals surface area contributed by atoms with Crippen molar-refractivity contribution in [2.75, 3.05) is 7.05 Å². The first-order valence-corrected chi connectivity index (χ1v) is 5.69. The number of aldehydes is 1. The van der Waals surface area contributed by atoms with Gasteiger partial charge in [-0.15, -0.1) is 0 Å². The first-order chi connectivity index (χ1) is 5.81. The van der Waals surface area contributed by atoms with Gasteiger partial charge < -0.3 is 4.90 Å². The molecule has 0 saturated heterocycles. The van der Waals surface area contributed by atoms with Gasteiger partial charge in [-0.25, -0.2) is 0 Å². The molecule has 0 aromatic heterocycles. The fraction of sp³-hybridized carbons (Fsp3) is 0.500. The van der Waals surface area contributed by atoms with Gasteiger partial charge >= 0.3 is 10.1 Å². The molecule has 0 amide bonds. The monoisotopic (exact) mass is 223 g/mol. The molecule has 0 fully saturated rings. The zero-order chi connectivity index (χ0) is 10.3. The number of carbonyl (C=O) groups excluding carboxylic acids is 1. The number of nitrogens with zero attached hydrogens (tertiary/aromatic N) is 1. The van der Waals surface area contributed by atoms with Crippen LogP contribution < -0.4 is 0 Å². The third kappa shape index (κ3) is 1.72. The lowest BCUT2D eigenvalue weighted by atomic mass is 10.3. The van der Waals surface area contributed by atoms with Crippen LogP contribution in [0.15, 0.2) is 10.4 Å². The molecule has 1 heterocycles. The van der Waals surface area contributed by atoms with Crippen molar-refractivity contribution in [3.8, 4) is 0 Å². The average Bonchev–Trinajstić information content (AvgIpc) is 2.29. The van der Waals surface area contributed by atoms with Crippen molar-refractivity contribution >= 4 is 28.2 Å². The number of hydrogen-bond donors (Lipinski definition) is 1. The molecule has 13 heavy (non-hydrogen) atoms. The zero-order valence-corrected chi connectivity index (χ0v) is 8.72. The molecule has 0 spiro atoms. The second kappa shape index (κ2) is 3.00. The number of thioether (sulfide) groups is 1. The zero-order valence-electron chi connectivity index (χ0n) is 7.09. The van der Waals surface area contributed by atoms with Crippen molar-refractivity contribution in [1.29, 1.82) is 0 Å². The van der Waals surface area contributed by atoms with Gasteiger partial charge in [0.25, 0.3) is 0 Å². The lowest BCUT2D eigenvalue weighted by Crippen LogP contribution is -2.39. The van der Waals surface area contributed by atoms with Crippen LogP contribution >= 0.6 is 11.8 Å². The smallest absolute Gasteiger partial charge is 0.310 e. The van der Waals surface area contributed by atoms with Crippen LogP contribution in [-0.2, 0) is 14.9 Å². The molecule has 0 aromatic carbocycles. The molecule has 1 rings (SSSR count). The summed E-state index contributed by atoms with van der Waals surface area (Å²) in [5.41, 5.74) is 0. The van der Waals surface area contributed by atoms with Gasteiger partial charge in [-0.3, -0.25) is 9.35 Å². The summed E-state index contributed by atoms with van der Waals surface area (Å²) in [6.07, 6.45) is 0.631. The second-order valence-corrected chi connectivity index (χ2v) is 5.45. The van der Waals surface area contributed by atoms with Crippen LogP contribution in [0.1, 0.15) is 6.92 Å². The highest BCUT2D eigenvalue weighted by Gasteiger charge is 2.40. The third-order valence-corrected chi connectivity index (χ3v) is 4.14. The van der Waals surface area contributed by atoms with Gasteiger partial charge in [0.15, 0.2) is 11.3 Å². The van der Waals surface area contributed by atoms with Crippen molar-refractivity contribution in [3.63, 3.8) is 0 Å². The van der Waals surface area contributed by atoms with Crippen molar-refractivity contribution < 1.29 is 17.8 Å². The molecule has 1 aliphatic rings. The van der Waals surface area contributed by atoms with Crippen LogP contribution in [0.25, 0.3) is 0 Å². The number of likely N-dealkylation sites (N-methyl/N-ethyl adjacent to an activating group) is 1. The first-order valence-electron chi connectivity index (χ1n) is 3.37. The van der Waals surface area contributed by atoms with Gasteiger partial charge in [0.05, 0.1) is 0 Å². The van der Waals surface area contributed by atoms with E-state index in [4.69, 9.17) is 4.55 Å². The van der Waals surface area contributed by atoms with E-state index in [1.54, 1.807) is 6.92 Å². The van der Waals surface area contributed by atoms with Gasteiger partial charge in [-0.1, -0.05) is 11.8 Å². The Bertz CT molecular complexity index is 361. The third-order valence-electron chi connectivity index (χ3n) is 1.88. The van der Waals surface area contributed by atoms with E-state index in [0.29, 0.717) is 6.29 Å². The molecule has 1 unspecified atom stereocenters. The summed E-state index contributed by atoms with van der Waals surface area (Å²) in [5, 5.41) is 1.01. The Labute approximate surface area is 80.5 Å². The fourth-order valence-corrected chi connectivity index (χ4v) is 2.92. The number of carbonyl (C=O) groups is 1. The fourth-order valence-electron chi connectivity index (χ4n) is 0.887. The molecule has 74 valence electrons. The van der Waals surface area contributed by atoms with Crippen LogP contribution in [0.5, 0.6) is 0 Å². The molecule has 7 heteroatoms. The Morgan fingerprint density at radius 1 is 1.69 bits per heavy atom. The first kappa shape index (κ1) is 10.6. The van der Waals surface area contributed by atoms with Crippen molar-refractivity contribution in [3.05, 3.63) is 10.4 Å². The summed E-state index contributed by atoms with van der Waals surface area (Å²) in [6, 6.07) is 0.